The fourth-order valence-corrected chi connectivity index (χ4v) is 2.53. The summed E-state index contributed by atoms with van der Waals surface area (Å²) in [6.45, 7) is 3.55. The van der Waals surface area contributed by atoms with Gasteiger partial charge in [-0.25, -0.2) is 0 Å². The van der Waals surface area contributed by atoms with Crippen molar-refractivity contribution in [3.8, 4) is 11.6 Å². The van der Waals surface area contributed by atoms with E-state index in [-0.39, 0.29) is 5.91 Å². The lowest BCUT2D eigenvalue weighted by Gasteiger charge is -2.26. The Morgan fingerprint density at radius 3 is 2.64 bits per heavy atom. The molecule has 0 unspecified atom stereocenters. The van der Waals surface area contributed by atoms with Crippen LogP contribution in [-0.2, 0) is 0 Å². The number of benzene rings is 1. The molecule has 1 aliphatic rings. The summed E-state index contributed by atoms with van der Waals surface area (Å²) < 4.78 is 5.67. The van der Waals surface area contributed by atoms with Crippen molar-refractivity contribution in [2.45, 2.75) is 26.2 Å². The summed E-state index contributed by atoms with van der Waals surface area (Å²) in [6.07, 6.45) is 3.38. The number of carbonyl (C=O) groups is 1. The van der Waals surface area contributed by atoms with E-state index in [1.165, 1.54) is 6.42 Å². The largest absolute Gasteiger partial charge is 0.438 e. The molecule has 0 N–H and O–H groups in total. The van der Waals surface area contributed by atoms with Crippen molar-refractivity contribution >= 4 is 5.91 Å². The van der Waals surface area contributed by atoms with Crippen molar-refractivity contribution in [1.82, 2.24) is 15.1 Å². The summed E-state index contributed by atoms with van der Waals surface area (Å²) in [7, 11) is 0. The number of piperidine rings is 1. The van der Waals surface area contributed by atoms with Crippen molar-refractivity contribution in [2.75, 3.05) is 13.1 Å². The molecular formula is C17H19N3O2. The second-order valence-corrected chi connectivity index (χ2v) is 5.50. The summed E-state index contributed by atoms with van der Waals surface area (Å²) in [5.74, 6) is 1.09. The van der Waals surface area contributed by atoms with E-state index in [9.17, 15) is 4.79 Å². The number of nitrogens with zero attached hydrogens (tertiary/aromatic N) is 3. The number of hydrogen-bond donors (Lipinski definition) is 0. The summed E-state index contributed by atoms with van der Waals surface area (Å²) >= 11 is 0. The van der Waals surface area contributed by atoms with Gasteiger partial charge in [0.2, 0.25) is 5.88 Å². The molecule has 0 atom stereocenters. The third kappa shape index (κ3) is 3.42. The third-order valence-electron chi connectivity index (χ3n) is 3.72. The Labute approximate surface area is 129 Å². The van der Waals surface area contributed by atoms with Gasteiger partial charge in [-0.2, -0.15) is 5.10 Å². The SMILES string of the molecule is Cc1ccc(Oc2cccc(C(=O)N3CCCCC3)c2)nn1. The van der Waals surface area contributed by atoms with E-state index in [0.29, 0.717) is 17.2 Å². The number of aryl methyl sites for hydroxylation is 1. The zero-order valence-electron chi connectivity index (χ0n) is 12.7. The first-order chi connectivity index (χ1) is 10.7. The first-order valence-electron chi connectivity index (χ1n) is 7.60. The number of likely N-dealkylation sites (tertiary alicyclic amines) is 1. The van der Waals surface area contributed by atoms with Crippen LogP contribution >= 0.6 is 0 Å². The van der Waals surface area contributed by atoms with E-state index in [2.05, 4.69) is 10.2 Å². The first kappa shape index (κ1) is 14.5. The highest BCUT2D eigenvalue weighted by Crippen LogP contribution is 2.21. The zero-order chi connectivity index (χ0) is 15.4. The molecule has 1 fully saturated rings. The van der Waals surface area contributed by atoms with Gasteiger partial charge in [0.25, 0.3) is 5.91 Å². The molecular weight excluding hydrogens is 278 g/mol. The smallest absolute Gasteiger partial charge is 0.253 e. The maximum Gasteiger partial charge on any atom is 0.253 e. The van der Waals surface area contributed by atoms with Crippen molar-refractivity contribution in [2.24, 2.45) is 0 Å². The van der Waals surface area contributed by atoms with Gasteiger partial charge in [-0.05, 0) is 50.5 Å². The molecule has 0 spiro atoms. The van der Waals surface area contributed by atoms with Crippen molar-refractivity contribution in [3.05, 3.63) is 47.7 Å². The molecule has 0 bridgehead atoms. The molecule has 3 rings (SSSR count). The van der Waals surface area contributed by atoms with Gasteiger partial charge in [-0.15, -0.1) is 5.10 Å². The quantitative estimate of drug-likeness (QED) is 0.873. The lowest BCUT2D eigenvalue weighted by atomic mass is 10.1. The van der Waals surface area contributed by atoms with Gasteiger partial charge < -0.3 is 9.64 Å². The molecule has 0 radical (unpaired) electrons. The number of rotatable bonds is 3. The Morgan fingerprint density at radius 2 is 1.91 bits per heavy atom. The minimum Gasteiger partial charge on any atom is -0.438 e. The van der Waals surface area contributed by atoms with Gasteiger partial charge in [-0.3, -0.25) is 4.79 Å². The Kier molecular flexibility index (Phi) is 4.32. The van der Waals surface area contributed by atoms with E-state index in [1.807, 2.05) is 36.1 Å². The Morgan fingerprint density at radius 1 is 1.09 bits per heavy atom. The van der Waals surface area contributed by atoms with Crippen LogP contribution in [0.3, 0.4) is 0 Å². The Balaban J connectivity index is 1.74. The van der Waals surface area contributed by atoms with Crippen LogP contribution in [0, 0.1) is 6.92 Å². The number of hydrogen-bond acceptors (Lipinski definition) is 4. The van der Waals surface area contributed by atoms with Crippen molar-refractivity contribution in [1.29, 1.82) is 0 Å². The van der Waals surface area contributed by atoms with Crippen LogP contribution in [0.25, 0.3) is 0 Å². The van der Waals surface area contributed by atoms with Crippen LogP contribution in [0.1, 0.15) is 35.3 Å². The van der Waals surface area contributed by atoms with Gasteiger partial charge in [0, 0.05) is 24.7 Å². The fraction of sp³-hybridized carbons (Fsp3) is 0.353. The number of carbonyl (C=O) groups excluding carboxylic acids is 1. The average Bonchev–Trinajstić information content (AvgIpc) is 2.57. The maximum absolute atomic E-state index is 12.5. The Hall–Kier alpha value is -2.43. The summed E-state index contributed by atoms with van der Waals surface area (Å²) in [5.41, 5.74) is 1.49. The highest BCUT2D eigenvalue weighted by Gasteiger charge is 2.18. The van der Waals surface area contributed by atoms with E-state index in [1.54, 1.807) is 12.1 Å². The van der Waals surface area contributed by atoms with Crippen LogP contribution in [0.4, 0.5) is 0 Å². The van der Waals surface area contributed by atoms with Crippen LogP contribution in [-0.4, -0.2) is 34.1 Å². The topological polar surface area (TPSA) is 55.3 Å². The average molecular weight is 297 g/mol. The summed E-state index contributed by atoms with van der Waals surface area (Å²) in [4.78, 5) is 14.4. The number of ether oxygens (including phenoxy) is 1. The third-order valence-corrected chi connectivity index (χ3v) is 3.72. The monoisotopic (exact) mass is 297 g/mol. The molecule has 1 aliphatic heterocycles. The molecule has 0 aliphatic carbocycles. The molecule has 5 heteroatoms. The van der Waals surface area contributed by atoms with Crippen LogP contribution in [0.5, 0.6) is 11.6 Å². The van der Waals surface area contributed by atoms with E-state index >= 15 is 0 Å². The van der Waals surface area contributed by atoms with Crippen molar-refractivity contribution < 1.29 is 9.53 Å². The Bertz CT molecular complexity index is 649. The van der Waals surface area contributed by atoms with E-state index in [4.69, 9.17) is 4.74 Å². The van der Waals surface area contributed by atoms with Crippen LogP contribution in [0.15, 0.2) is 36.4 Å². The molecule has 22 heavy (non-hydrogen) atoms. The molecule has 2 heterocycles. The summed E-state index contributed by atoms with van der Waals surface area (Å²) in [5, 5.41) is 7.93. The van der Waals surface area contributed by atoms with Crippen molar-refractivity contribution in [3.63, 3.8) is 0 Å². The van der Waals surface area contributed by atoms with Gasteiger partial charge in [0.1, 0.15) is 5.75 Å². The molecule has 1 aromatic heterocycles. The second kappa shape index (κ2) is 6.56. The molecule has 5 nitrogen and oxygen atoms in total. The number of amides is 1. The standard InChI is InChI=1S/C17H19N3O2/c1-13-8-9-16(19-18-13)22-15-7-5-6-14(12-15)17(21)20-10-3-2-4-11-20/h5-9,12H,2-4,10-11H2,1H3. The molecule has 1 aromatic carbocycles. The maximum atomic E-state index is 12.5. The first-order valence-corrected chi connectivity index (χ1v) is 7.60. The van der Waals surface area contributed by atoms with Gasteiger partial charge in [0.05, 0.1) is 5.69 Å². The van der Waals surface area contributed by atoms with Gasteiger partial charge in [0.15, 0.2) is 0 Å². The van der Waals surface area contributed by atoms with Gasteiger partial charge in [-0.1, -0.05) is 6.07 Å². The molecule has 2 aromatic rings. The zero-order valence-corrected chi connectivity index (χ0v) is 12.7. The molecule has 114 valence electrons. The fourth-order valence-electron chi connectivity index (χ4n) is 2.53. The molecule has 1 saturated heterocycles. The van der Waals surface area contributed by atoms with E-state index < -0.39 is 0 Å². The lowest BCUT2D eigenvalue weighted by molar-refractivity contribution is 0.0724. The van der Waals surface area contributed by atoms with Crippen LogP contribution < -0.4 is 4.74 Å². The highest BCUT2D eigenvalue weighted by molar-refractivity contribution is 5.94. The highest BCUT2D eigenvalue weighted by atomic mass is 16.5. The summed E-state index contributed by atoms with van der Waals surface area (Å²) in [6, 6.07) is 10.8. The van der Waals surface area contributed by atoms with Gasteiger partial charge >= 0.3 is 0 Å². The minimum absolute atomic E-state index is 0.0696. The van der Waals surface area contributed by atoms with E-state index in [0.717, 1.165) is 31.6 Å². The lowest BCUT2D eigenvalue weighted by Crippen LogP contribution is -2.35. The number of aromatic nitrogens is 2. The predicted molar refractivity (Wildman–Crippen MR) is 83.0 cm³/mol. The normalized spacial score (nSPS) is 14.7. The molecule has 0 saturated carbocycles. The second-order valence-electron chi connectivity index (χ2n) is 5.50. The predicted octanol–water partition coefficient (Wildman–Crippen LogP) is 3.20. The van der Waals surface area contributed by atoms with Crippen LogP contribution in [0.2, 0.25) is 0 Å². The molecule has 1 amide bonds. The minimum atomic E-state index is 0.0696.